The highest BCUT2D eigenvalue weighted by Crippen LogP contribution is 2.35. The van der Waals surface area contributed by atoms with E-state index in [4.69, 9.17) is 18.9 Å². The van der Waals surface area contributed by atoms with Gasteiger partial charge in [0.15, 0.2) is 11.5 Å². The molecule has 11 heteroatoms. The topological polar surface area (TPSA) is 126 Å². The lowest BCUT2D eigenvalue weighted by molar-refractivity contribution is -0.385. The van der Waals surface area contributed by atoms with E-state index in [1.807, 2.05) is 0 Å². The number of methoxy groups -OCH3 is 3. The largest absolute Gasteiger partial charge is 0.493 e. The maximum atomic E-state index is 13.1. The first-order chi connectivity index (χ1) is 14.5. The van der Waals surface area contributed by atoms with Crippen LogP contribution in [-0.2, 0) is 0 Å². The molecule has 30 heavy (non-hydrogen) atoms. The number of aromatic nitrogens is 2. The minimum absolute atomic E-state index is 0.0671. The Morgan fingerprint density at radius 3 is 2.37 bits per heavy atom. The molecule has 1 unspecified atom stereocenters. The van der Waals surface area contributed by atoms with Crippen molar-refractivity contribution < 1.29 is 28.7 Å². The molecule has 0 saturated carbocycles. The fourth-order valence-electron chi connectivity index (χ4n) is 3.23. The van der Waals surface area contributed by atoms with Crippen molar-refractivity contribution in [3.8, 4) is 23.3 Å². The van der Waals surface area contributed by atoms with Gasteiger partial charge in [-0.25, -0.2) is 0 Å². The predicted octanol–water partition coefficient (Wildman–Crippen LogP) is 2.09. The van der Waals surface area contributed by atoms with Gasteiger partial charge in [0.05, 0.1) is 38.9 Å². The number of hydrogen-bond donors (Lipinski definition) is 0. The number of amides is 1. The highest BCUT2D eigenvalue weighted by Gasteiger charge is 2.31. The molecule has 0 bridgehead atoms. The molecule has 1 aromatic carbocycles. The van der Waals surface area contributed by atoms with Crippen molar-refractivity contribution in [3.63, 3.8) is 0 Å². The van der Waals surface area contributed by atoms with Gasteiger partial charge in [0.2, 0.25) is 11.8 Å². The van der Waals surface area contributed by atoms with Crippen molar-refractivity contribution in [2.75, 3.05) is 34.4 Å². The lowest BCUT2D eigenvalue weighted by atomic mass is 10.0. The highest BCUT2D eigenvalue weighted by atomic mass is 16.6. The van der Waals surface area contributed by atoms with Crippen LogP contribution in [0.4, 0.5) is 5.69 Å². The zero-order valence-electron chi connectivity index (χ0n) is 16.9. The van der Waals surface area contributed by atoms with Gasteiger partial charge in [0.1, 0.15) is 11.7 Å². The van der Waals surface area contributed by atoms with Crippen molar-refractivity contribution in [2.24, 2.45) is 0 Å². The van der Waals surface area contributed by atoms with Gasteiger partial charge in [0.25, 0.3) is 11.6 Å². The zero-order valence-corrected chi connectivity index (χ0v) is 16.9. The molecule has 2 heterocycles. The molecule has 0 aliphatic carbocycles. The van der Waals surface area contributed by atoms with Crippen molar-refractivity contribution in [2.45, 2.75) is 18.9 Å². The van der Waals surface area contributed by atoms with E-state index in [0.717, 1.165) is 0 Å². The maximum Gasteiger partial charge on any atom is 0.286 e. The van der Waals surface area contributed by atoms with Crippen LogP contribution in [-0.4, -0.2) is 66.5 Å². The molecule has 160 valence electrons. The second-order valence-corrected chi connectivity index (χ2v) is 6.53. The third-order valence-corrected chi connectivity index (χ3v) is 4.71. The Morgan fingerprint density at radius 1 is 1.10 bits per heavy atom. The molecule has 1 aromatic heterocycles. The smallest absolute Gasteiger partial charge is 0.286 e. The summed E-state index contributed by atoms with van der Waals surface area (Å²) in [6, 6.07) is 5.78. The monoisotopic (exact) mass is 418 g/mol. The van der Waals surface area contributed by atoms with Crippen molar-refractivity contribution in [1.29, 1.82) is 0 Å². The van der Waals surface area contributed by atoms with Gasteiger partial charge >= 0.3 is 0 Å². The third kappa shape index (κ3) is 4.50. The zero-order chi connectivity index (χ0) is 21.7. The molecular formula is C19H22N4O7. The van der Waals surface area contributed by atoms with Crippen LogP contribution in [0.3, 0.4) is 0 Å². The van der Waals surface area contributed by atoms with E-state index >= 15 is 0 Å². The second kappa shape index (κ2) is 9.25. The Bertz CT molecular complexity index is 920. The van der Waals surface area contributed by atoms with Gasteiger partial charge in [-0.2, -0.15) is 0 Å². The average molecular weight is 418 g/mol. The van der Waals surface area contributed by atoms with Crippen LogP contribution in [0.1, 0.15) is 23.2 Å². The summed E-state index contributed by atoms with van der Waals surface area (Å²) in [6.07, 6.45) is 1.08. The number of nitro benzene ring substituents is 1. The van der Waals surface area contributed by atoms with Gasteiger partial charge in [-0.1, -0.05) is 0 Å². The summed E-state index contributed by atoms with van der Waals surface area (Å²) < 4.78 is 21.1. The number of nitro groups is 1. The van der Waals surface area contributed by atoms with Crippen LogP contribution in [0.15, 0.2) is 24.3 Å². The standard InChI is InChI=1S/C19H22N4O7/c1-27-15-9-13(14(23(25)26)10-16(15)28-2)19(24)22-8-4-5-12(11-22)30-18-7-6-17(29-3)20-21-18/h6-7,9-10,12H,4-5,8,11H2,1-3H3. The van der Waals surface area contributed by atoms with Crippen LogP contribution in [0.25, 0.3) is 0 Å². The number of carbonyl (C=O) groups is 1. The summed E-state index contributed by atoms with van der Waals surface area (Å²) in [5.74, 6) is 0.621. The molecule has 0 spiro atoms. The van der Waals surface area contributed by atoms with Gasteiger partial charge in [-0.05, 0) is 12.8 Å². The second-order valence-electron chi connectivity index (χ2n) is 6.53. The van der Waals surface area contributed by atoms with Crippen molar-refractivity contribution in [3.05, 3.63) is 39.9 Å². The van der Waals surface area contributed by atoms with Crippen LogP contribution in [0.2, 0.25) is 0 Å². The predicted molar refractivity (Wildman–Crippen MR) is 104 cm³/mol. The lowest BCUT2D eigenvalue weighted by Gasteiger charge is -2.32. The van der Waals surface area contributed by atoms with Gasteiger partial charge < -0.3 is 23.8 Å². The lowest BCUT2D eigenvalue weighted by Crippen LogP contribution is -2.44. The van der Waals surface area contributed by atoms with Crippen molar-refractivity contribution >= 4 is 11.6 Å². The molecule has 2 aromatic rings. The van der Waals surface area contributed by atoms with Gasteiger partial charge in [-0.15, -0.1) is 10.2 Å². The Balaban J connectivity index is 1.79. The Labute approximate surface area is 172 Å². The maximum absolute atomic E-state index is 13.1. The number of hydrogen-bond acceptors (Lipinski definition) is 9. The fraction of sp³-hybridized carbons (Fsp3) is 0.421. The van der Waals surface area contributed by atoms with E-state index in [1.165, 1.54) is 38.4 Å². The molecule has 1 aliphatic rings. The highest BCUT2D eigenvalue weighted by molar-refractivity contribution is 5.99. The molecule has 0 N–H and O–H groups in total. The van der Waals surface area contributed by atoms with E-state index in [9.17, 15) is 14.9 Å². The normalized spacial score (nSPS) is 16.0. The number of carbonyl (C=O) groups excluding carboxylic acids is 1. The summed E-state index contributed by atoms with van der Waals surface area (Å²) in [5, 5.41) is 19.3. The van der Waals surface area contributed by atoms with Crippen LogP contribution >= 0.6 is 0 Å². The summed E-state index contributed by atoms with van der Waals surface area (Å²) in [6.45, 7) is 0.719. The van der Waals surface area contributed by atoms with Gasteiger partial charge in [0, 0.05) is 24.7 Å². The van der Waals surface area contributed by atoms with E-state index < -0.39 is 10.8 Å². The molecule has 1 amide bonds. The van der Waals surface area contributed by atoms with E-state index in [1.54, 1.807) is 12.1 Å². The van der Waals surface area contributed by atoms with Gasteiger partial charge in [-0.3, -0.25) is 14.9 Å². The summed E-state index contributed by atoms with van der Waals surface area (Å²) in [7, 11) is 4.26. The summed E-state index contributed by atoms with van der Waals surface area (Å²) in [4.78, 5) is 25.5. The first-order valence-corrected chi connectivity index (χ1v) is 9.20. The van der Waals surface area contributed by atoms with Crippen LogP contribution in [0.5, 0.6) is 23.3 Å². The minimum atomic E-state index is -0.611. The number of benzene rings is 1. The number of likely N-dealkylation sites (tertiary alicyclic amines) is 1. The first kappa shape index (κ1) is 21.1. The van der Waals surface area contributed by atoms with Crippen LogP contribution in [0, 0.1) is 10.1 Å². The number of piperidine rings is 1. The molecule has 1 fully saturated rings. The third-order valence-electron chi connectivity index (χ3n) is 4.71. The van der Waals surface area contributed by atoms with Crippen LogP contribution < -0.4 is 18.9 Å². The fourth-order valence-corrected chi connectivity index (χ4v) is 3.23. The molecule has 1 atom stereocenters. The molecule has 1 saturated heterocycles. The molecule has 1 aliphatic heterocycles. The molecule has 0 radical (unpaired) electrons. The Kier molecular flexibility index (Phi) is 6.50. The van der Waals surface area contributed by atoms with E-state index in [0.29, 0.717) is 31.1 Å². The number of nitrogens with zero attached hydrogens (tertiary/aromatic N) is 4. The number of ether oxygens (including phenoxy) is 4. The summed E-state index contributed by atoms with van der Waals surface area (Å²) >= 11 is 0. The van der Waals surface area contributed by atoms with E-state index in [2.05, 4.69) is 10.2 Å². The molecular weight excluding hydrogens is 396 g/mol. The summed E-state index contributed by atoms with van der Waals surface area (Å²) in [5.41, 5.74) is -0.413. The first-order valence-electron chi connectivity index (χ1n) is 9.20. The van der Waals surface area contributed by atoms with E-state index in [-0.39, 0.29) is 35.4 Å². The Morgan fingerprint density at radius 2 is 1.77 bits per heavy atom. The minimum Gasteiger partial charge on any atom is -0.493 e. The quantitative estimate of drug-likeness (QED) is 0.490. The van der Waals surface area contributed by atoms with Crippen molar-refractivity contribution in [1.82, 2.24) is 15.1 Å². The molecule has 11 nitrogen and oxygen atoms in total. The number of rotatable bonds is 7. The Hall–Kier alpha value is -3.63. The average Bonchev–Trinajstić information content (AvgIpc) is 2.78. The SMILES string of the molecule is COc1ccc(OC2CCCN(C(=O)c3cc(OC)c(OC)cc3[N+](=O)[O-])C2)nn1. The molecule has 3 rings (SSSR count).